The summed E-state index contributed by atoms with van der Waals surface area (Å²) in [6.07, 6.45) is 5.19. The predicted octanol–water partition coefficient (Wildman–Crippen LogP) is 2.34. The van der Waals surface area contributed by atoms with E-state index in [4.69, 9.17) is 9.47 Å². The van der Waals surface area contributed by atoms with E-state index in [1.54, 1.807) is 0 Å². The van der Waals surface area contributed by atoms with Gasteiger partial charge in [-0.2, -0.15) is 0 Å². The summed E-state index contributed by atoms with van der Waals surface area (Å²) in [5, 5.41) is 0.117. The fourth-order valence-corrected chi connectivity index (χ4v) is 3.25. The summed E-state index contributed by atoms with van der Waals surface area (Å²) in [4.78, 5) is 0. The second kappa shape index (κ2) is 6.91. The highest BCUT2D eigenvalue weighted by molar-refractivity contribution is 6.14. The summed E-state index contributed by atoms with van der Waals surface area (Å²) in [6.45, 7) is 10.9. The second-order valence-corrected chi connectivity index (χ2v) is 8.42. The van der Waals surface area contributed by atoms with Crippen LogP contribution in [0.1, 0.15) is 53.4 Å². The van der Waals surface area contributed by atoms with E-state index in [1.165, 1.54) is 25.7 Å². The average molecular weight is 258 g/mol. The molecule has 0 saturated carbocycles. The Morgan fingerprint density at radius 2 is 1.76 bits per heavy atom. The van der Waals surface area contributed by atoms with Gasteiger partial charge in [0.2, 0.25) is 0 Å². The van der Waals surface area contributed by atoms with Crippen LogP contribution < -0.4 is 0 Å². The summed E-state index contributed by atoms with van der Waals surface area (Å²) in [5.74, 6) is 1.43. The van der Waals surface area contributed by atoms with Crippen LogP contribution in [0.2, 0.25) is 0 Å². The van der Waals surface area contributed by atoms with Gasteiger partial charge in [0.1, 0.15) is 0 Å². The smallest absolute Gasteiger partial charge is 0.0720 e. The third-order valence-corrected chi connectivity index (χ3v) is 4.47. The molecule has 1 atom stereocenters. The molecular formula is C14H30O2Si. The number of hydrogen-bond donors (Lipinski definition) is 0. The van der Waals surface area contributed by atoms with Crippen molar-refractivity contribution in [2.24, 2.45) is 11.8 Å². The quantitative estimate of drug-likeness (QED) is 0.653. The molecule has 1 aliphatic rings. The van der Waals surface area contributed by atoms with Crippen LogP contribution in [0.15, 0.2) is 0 Å². The van der Waals surface area contributed by atoms with Crippen molar-refractivity contribution in [2.45, 2.75) is 64.7 Å². The standard InChI is InChI=1S/C14H30O2Si/c1-11(2)8-13(9-12(3)4)15-10-14(17)6-5-7-16-14/h11-13H,5-10H2,1-4,17H3. The van der Waals surface area contributed by atoms with Crippen LogP contribution in [-0.2, 0) is 9.47 Å². The van der Waals surface area contributed by atoms with Crippen LogP contribution in [0.4, 0.5) is 0 Å². The van der Waals surface area contributed by atoms with Crippen LogP contribution in [0, 0.1) is 11.8 Å². The van der Waals surface area contributed by atoms with Gasteiger partial charge >= 0.3 is 0 Å². The van der Waals surface area contributed by atoms with Crippen LogP contribution >= 0.6 is 0 Å². The van der Waals surface area contributed by atoms with Gasteiger partial charge in [0.15, 0.2) is 0 Å². The molecule has 17 heavy (non-hydrogen) atoms. The Morgan fingerprint density at radius 3 is 2.18 bits per heavy atom. The van der Waals surface area contributed by atoms with E-state index in [2.05, 4.69) is 27.7 Å². The van der Waals surface area contributed by atoms with Crippen molar-refractivity contribution < 1.29 is 9.47 Å². The van der Waals surface area contributed by atoms with E-state index in [-0.39, 0.29) is 5.22 Å². The lowest BCUT2D eigenvalue weighted by atomic mass is 9.98. The lowest BCUT2D eigenvalue weighted by molar-refractivity contribution is -0.0528. The van der Waals surface area contributed by atoms with Crippen molar-refractivity contribution >= 4 is 10.2 Å². The molecule has 2 nitrogen and oxygen atoms in total. The molecule has 1 aliphatic heterocycles. The van der Waals surface area contributed by atoms with E-state index in [9.17, 15) is 0 Å². The zero-order valence-corrected chi connectivity index (χ0v) is 14.3. The lowest BCUT2D eigenvalue weighted by Gasteiger charge is -2.28. The molecule has 1 fully saturated rings. The second-order valence-electron chi connectivity index (χ2n) is 6.59. The highest BCUT2D eigenvalue weighted by Crippen LogP contribution is 2.25. The van der Waals surface area contributed by atoms with Gasteiger partial charge in [0.05, 0.1) is 17.9 Å². The van der Waals surface area contributed by atoms with E-state index in [1.807, 2.05) is 0 Å². The third kappa shape index (κ3) is 6.02. The van der Waals surface area contributed by atoms with Crippen molar-refractivity contribution in [2.75, 3.05) is 13.2 Å². The van der Waals surface area contributed by atoms with Crippen molar-refractivity contribution in [1.29, 1.82) is 0 Å². The van der Waals surface area contributed by atoms with E-state index < -0.39 is 0 Å². The van der Waals surface area contributed by atoms with Gasteiger partial charge < -0.3 is 9.47 Å². The van der Waals surface area contributed by atoms with E-state index in [0.29, 0.717) is 17.9 Å². The minimum Gasteiger partial charge on any atom is -0.377 e. The zero-order chi connectivity index (χ0) is 12.9. The fraction of sp³-hybridized carbons (Fsp3) is 1.00. The van der Waals surface area contributed by atoms with Gasteiger partial charge in [-0.1, -0.05) is 27.7 Å². The van der Waals surface area contributed by atoms with Gasteiger partial charge in [-0.25, -0.2) is 0 Å². The zero-order valence-electron chi connectivity index (χ0n) is 12.3. The highest BCUT2D eigenvalue weighted by Gasteiger charge is 2.31. The molecule has 0 amide bonds. The number of rotatable bonds is 7. The molecule has 0 aromatic heterocycles. The first kappa shape index (κ1) is 15.2. The van der Waals surface area contributed by atoms with E-state index >= 15 is 0 Å². The average Bonchev–Trinajstić information content (AvgIpc) is 2.61. The van der Waals surface area contributed by atoms with Crippen LogP contribution in [0.3, 0.4) is 0 Å². The molecule has 0 N–H and O–H groups in total. The Morgan fingerprint density at radius 1 is 1.18 bits per heavy atom. The SMILES string of the molecule is CC(C)CC(CC(C)C)OCC1([SiH3])CCCO1. The first-order valence-electron chi connectivity index (χ1n) is 7.17. The normalized spacial score (nSPS) is 25.6. The fourth-order valence-electron chi connectivity index (χ4n) is 2.53. The van der Waals surface area contributed by atoms with Crippen molar-refractivity contribution in [3.05, 3.63) is 0 Å². The molecule has 3 heteroatoms. The predicted molar refractivity (Wildman–Crippen MR) is 76.5 cm³/mol. The Kier molecular flexibility index (Phi) is 6.17. The van der Waals surface area contributed by atoms with Crippen LogP contribution in [-0.4, -0.2) is 34.8 Å². The first-order valence-corrected chi connectivity index (χ1v) is 8.17. The summed E-state index contributed by atoms with van der Waals surface area (Å²) >= 11 is 0. The van der Waals surface area contributed by atoms with Gasteiger partial charge in [-0.05, 0) is 37.5 Å². The number of ether oxygens (including phenoxy) is 2. The lowest BCUT2D eigenvalue weighted by Crippen LogP contribution is -2.36. The first-order chi connectivity index (χ1) is 7.91. The minimum absolute atomic E-state index is 0.117. The van der Waals surface area contributed by atoms with Gasteiger partial charge in [0, 0.05) is 16.8 Å². The maximum Gasteiger partial charge on any atom is 0.0720 e. The maximum absolute atomic E-state index is 6.16. The Bertz CT molecular complexity index is 200. The molecule has 102 valence electrons. The molecule has 1 unspecified atom stereocenters. The summed E-state index contributed by atoms with van der Waals surface area (Å²) in [6, 6.07) is 0. The monoisotopic (exact) mass is 258 g/mol. The molecule has 1 rings (SSSR count). The highest BCUT2D eigenvalue weighted by atomic mass is 28.1. The summed E-state index contributed by atoms with van der Waals surface area (Å²) in [7, 11) is 1.09. The molecule has 0 aromatic rings. The molecule has 0 aromatic carbocycles. The molecule has 0 bridgehead atoms. The Balaban J connectivity index is 2.36. The van der Waals surface area contributed by atoms with Crippen LogP contribution in [0.5, 0.6) is 0 Å². The van der Waals surface area contributed by atoms with Gasteiger partial charge in [0.25, 0.3) is 0 Å². The molecule has 0 spiro atoms. The van der Waals surface area contributed by atoms with Gasteiger partial charge in [-0.15, -0.1) is 0 Å². The number of hydrogen-bond acceptors (Lipinski definition) is 2. The van der Waals surface area contributed by atoms with Crippen molar-refractivity contribution in [3.63, 3.8) is 0 Å². The van der Waals surface area contributed by atoms with E-state index in [0.717, 1.165) is 23.5 Å². The van der Waals surface area contributed by atoms with Gasteiger partial charge in [-0.3, -0.25) is 0 Å². The van der Waals surface area contributed by atoms with Crippen molar-refractivity contribution in [3.8, 4) is 0 Å². The molecule has 1 heterocycles. The molecule has 0 aliphatic carbocycles. The summed E-state index contributed by atoms with van der Waals surface area (Å²) in [5.41, 5.74) is 0. The largest absolute Gasteiger partial charge is 0.377 e. The molecule has 0 radical (unpaired) electrons. The third-order valence-electron chi connectivity index (χ3n) is 3.39. The maximum atomic E-state index is 6.16. The summed E-state index contributed by atoms with van der Waals surface area (Å²) < 4.78 is 12.0. The van der Waals surface area contributed by atoms with Crippen LogP contribution in [0.25, 0.3) is 0 Å². The minimum atomic E-state index is 0.117. The Hall–Kier alpha value is 0.137. The molecular weight excluding hydrogens is 228 g/mol. The topological polar surface area (TPSA) is 18.5 Å². The van der Waals surface area contributed by atoms with Crippen molar-refractivity contribution in [1.82, 2.24) is 0 Å². The Labute approximate surface area is 110 Å². The molecule has 1 saturated heterocycles.